The Kier molecular flexibility index (Phi) is 3.37. The molecule has 4 atom stereocenters. The number of rotatable bonds is 2. The lowest BCUT2D eigenvalue weighted by molar-refractivity contribution is -0.285. The van der Waals surface area contributed by atoms with Gasteiger partial charge < -0.3 is 9.47 Å². The standard InChI is InChI=1S/C18H16N4O2/c1-3-14-16(9-19,10-20)17(11-21)12(2)18(23-14,24-15(17)22)13-7-5-4-6-8-13/h4-8,12,14,22H,3H2,1-2H3. The average Bonchev–Trinajstić information content (AvgIpc) is 2.79. The second kappa shape index (κ2) is 5.06. The Labute approximate surface area is 140 Å². The van der Waals surface area contributed by atoms with Gasteiger partial charge in [-0.1, -0.05) is 44.2 Å². The molecule has 0 aliphatic carbocycles. The quantitative estimate of drug-likeness (QED) is 0.900. The second-order valence-corrected chi connectivity index (χ2v) is 6.15. The van der Waals surface area contributed by atoms with Crippen LogP contribution >= 0.6 is 0 Å². The third-order valence-electron chi connectivity index (χ3n) is 5.33. The molecule has 3 rings (SSSR count). The number of hydrogen-bond acceptors (Lipinski definition) is 6. The Balaban J connectivity index is 2.33. The van der Waals surface area contributed by atoms with Gasteiger partial charge in [0.25, 0.3) is 0 Å². The Bertz CT molecular complexity index is 802. The largest absolute Gasteiger partial charge is 0.443 e. The molecule has 120 valence electrons. The van der Waals surface area contributed by atoms with E-state index in [2.05, 4.69) is 6.07 Å². The summed E-state index contributed by atoms with van der Waals surface area (Å²) in [6.07, 6.45) is -0.492. The van der Waals surface area contributed by atoms with Gasteiger partial charge in [-0.3, -0.25) is 5.41 Å². The minimum atomic E-state index is -1.79. The number of nitrogens with one attached hydrogen (secondary N) is 1. The fraction of sp³-hybridized carbons (Fsp3) is 0.444. The van der Waals surface area contributed by atoms with Gasteiger partial charge in [0.1, 0.15) is 0 Å². The van der Waals surface area contributed by atoms with Crippen LogP contribution in [0.5, 0.6) is 0 Å². The monoisotopic (exact) mass is 320 g/mol. The summed E-state index contributed by atoms with van der Waals surface area (Å²) in [5.74, 6) is -2.40. The molecule has 2 saturated heterocycles. The maximum Gasteiger partial charge on any atom is 0.243 e. The predicted octanol–water partition coefficient (Wildman–Crippen LogP) is 2.84. The van der Waals surface area contributed by atoms with Gasteiger partial charge in [-0.2, -0.15) is 15.8 Å². The first-order valence-corrected chi connectivity index (χ1v) is 7.74. The number of fused-ring (bicyclic) bond motifs is 2. The lowest BCUT2D eigenvalue weighted by Crippen LogP contribution is -2.60. The van der Waals surface area contributed by atoms with Crippen molar-refractivity contribution in [1.82, 2.24) is 0 Å². The van der Waals surface area contributed by atoms with Crippen molar-refractivity contribution in [1.29, 1.82) is 21.2 Å². The summed E-state index contributed by atoms with van der Waals surface area (Å²) in [4.78, 5) is 0. The first-order valence-electron chi connectivity index (χ1n) is 7.74. The molecule has 1 aromatic rings. The van der Waals surface area contributed by atoms with Gasteiger partial charge in [-0.05, 0) is 6.42 Å². The number of benzene rings is 1. The molecule has 2 bridgehead atoms. The molecule has 2 heterocycles. The number of hydrogen-bond donors (Lipinski definition) is 1. The minimum Gasteiger partial charge on any atom is -0.443 e. The van der Waals surface area contributed by atoms with E-state index in [4.69, 9.17) is 14.9 Å². The van der Waals surface area contributed by atoms with Crippen molar-refractivity contribution in [3.63, 3.8) is 0 Å². The Morgan fingerprint density at radius 1 is 1.12 bits per heavy atom. The van der Waals surface area contributed by atoms with Gasteiger partial charge in [0, 0.05) is 5.56 Å². The van der Waals surface area contributed by atoms with Crippen LogP contribution in [0.3, 0.4) is 0 Å². The molecular weight excluding hydrogens is 304 g/mol. The lowest BCUT2D eigenvalue weighted by Gasteiger charge is -2.48. The molecular formula is C18H16N4O2. The fourth-order valence-electron chi connectivity index (χ4n) is 4.02. The zero-order chi connectivity index (χ0) is 17.6. The van der Waals surface area contributed by atoms with Crippen LogP contribution in [0.4, 0.5) is 0 Å². The summed E-state index contributed by atoms with van der Waals surface area (Å²) in [5.41, 5.74) is -2.80. The molecule has 0 radical (unpaired) electrons. The number of nitrogens with zero attached hydrogens (tertiary/aromatic N) is 3. The zero-order valence-corrected chi connectivity index (χ0v) is 13.4. The van der Waals surface area contributed by atoms with E-state index in [1.807, 2.05) is 30.3 Å². The van der Waals surface area contributed by atoms with Gasteiger partial charge in [0.05, 0.1) is 30.2 Å². The summed E-state index contributed by atoms with van der Waals surface area (Å²) in [5, 5.41) is 37.9. The van der Waals surface area contributed by atoms with E-state index in [0.717, 1.165) is 0 Å². The summed E-state index contributed by atoms with van der Waals surface area (Å²) in [6.45, 7) is 3.49. The highest BCUT2D eigenvalue weighted by atomic mass is 16.7. The zero-order valence-electron chi connectivity index (χ0n) is 13.4. The highest BCUT2D eigenvalue weighted by Gasteiger charge is 2.79. The van der Waals surface area contributed by atoms with E-state index in [1.54, 1.807) is 26.0 Å². The van der Waals surface area contributed by atoms with Crippen molar-refractivity contribution < 1.29 is 9.47 Å². The van der Waals surface area contributed by atoms with Crippen LogP contribution in [-0.4, -0.2) is 12.0 Å². The summed E-state index contributed by atoms with van der Waals surface area (Å²) < 4.78 is 11.9. The SMILES string of the molecule is CCC1OC2(c3ccccc3)OC(=N)C(C#N)(C2C)C1(C#N)C#N. The second-order valence-electron chi connectivity index (χ2n) is 6.15. The molecule has 24 heavy (non-hydrogen) atoms. The third kappa shape index (κ3) is 1.48. The van der Waals surface area contributed by atoms with E-state index < -0.39 is 28.6 Å². The molecule has 0 saturated carbocycles. The minimum absolute atomic E-state index is 0.350. The number of nitriles is 3. The molecule has 6 nitrogen and oxygen atoms in total. The van der Waals surface area contributed by atoms with Crippen LogP contribution in [-0.2, 0) is 15.3 Å². The van der Waals surface area contributed by atoms with Crippen LogP contribution in [0.15, 0.2) is 30.3 Å². The van der Waals surface area contributed by atoms with E-state index in [-0.39, 0.29) is 5.90 Å². The maximum atomic E-state index is 9.95. The molecule has 1 N–H and O–H groups in total. The number of ether oxygens (including phenoxy) is 2. The third-order valence-corrected chi connectivity index (χ3v) is 5.33. The van der Waals surface area contributed by atoms with E-state index in [0.29, 0.717) is 12.0 Å². The Morgan fingerprint density at radius 2 is 1.75 bits per heavy atom. The van der Waals surface area contributed by atoms with Crippen LogP contribution in [0.2, 0.25) is 0 Å². The van der Waals surface area contributed by atoms with Gasteiger partial charge >= 0.3 is 0 Å². The Morgan fingerprint density at radius 3 is 2.25 bits per heavy atom. The van der Waals surface area contributed by atoms with E-state index >= 15 is 0 Å². The van der Waals surface area contributed by atoms with Gasteiger partial charge in [0.2, 0.25) is 11.7 Å². The predicted molar refractivity (Wildman–Crippen MR) is 83.0 cm³/mol. The van der Waals surface area contributed by atoms with Gasteiger partial charge in [0.15, 0.2) is 10.8 Å². The van der Waals surface area contributed by atoms with Crippen molar-refractivity contribution in [2.24, 2.45) is 16.7 Å². The molecule has 2 aliphatic rings. The molecule has 2 fully saturated rings. The molecule has 2 aliphatic heterocycles. The molecule has 6 heteroatoms. The summed E-state index contributed by atoms with van der Waals surface area (Å²) in [7, 11) is 0. The molecule has 4 unspecified atom stereocenters. The summed E-state index contributed by atoms with van der Waals surface area (Å²) in [6, 6.07) is 15.1. The van der Waals surface area contributed by atoms with Crippen LogP contribution in [0.25, 0.3) is 0 Å². The first-order chi connectivity index (χ1) is 11.5. The van der Waals surface area contributed by atoms with Crippen molar-refractivity contribution in [2.75, 3.05) is 0 Å². The molecule has 0 aromatic heterocycles. The topological polar surface area (TPSA) is 114 Å². The average molecular weight is 320 g/mol. The van der Waals surface area contributed by atoms with Crippen molar-refractivity contribution in [3.05, 3.63) is 35.9 Å². The van der Waals surface area contributed by atoms with Gasteiger partial charge in [-0.25, -0.2) is 0 Å². The highest BCUT2D eigenvalue weighted by Crippen LogP contribution is 2.65. The van der Waals surface area contributed by atoms with Crippen LogP contribution in [0.1, 0.15) is 25.8 Å². The molecule has 0 amide bonds. The lowest BCUT2D eigenvalue weighted by atomic mass is 9.54. The molecule has 1 aromatic carbocycles. The Hall–Kier alpha value is -2.88. The normalized spacial score (nSPS) is 36.0. The van der Waals surface area contributed by atoms with Crippen molar-refractivity contribution in [3.8, 4) is 18.2 Å². The molecule has 0 spiro atoms. The smallest absolute Gasteiger partial charge is 0.243 e. The maximum absolute atomic E-state index is 9.95. The van der Waals surface area contributed by atoms with E-state index in [9.17, 15) is 15.8 Å². The van der Waals surface area contributed by atoms with Crippen molar-refractivity contribution >= 4 is 5.90 Å². The fourth-order valence-corrected chi connectivity index (χ4v) is 4.02. The van der Waals surface area contributed by atoms with Gasteiger partial charge in [-0.15, -0.1) is 0 Å². The summed E-state index contributed by atoms with van der Waals surface area (Å²) >= 11 is 0. The van der Waals surface area contributed by atoms with Crippen LogP contribution in [0, 0.1) is 56.2 Å². The van der Waals surface area contributed by atoms with E-state index in [1.165, 1.54) is 0 Å². The highest BCUT2D eigenvalue weighted by molar-refractivity contribution is 5.89. The first kappa shape index (κ1) is 16.0. The van der Waals surface area contributed by atoms with Crippen LogP contribution < -0.4 is 0 Å². The van der Waals surface area contributed by atoms with Crippen molar-refractivity contribution in [2.45, 2.75) is 32.2 Å².